The lowest BCUT2D eigenvalue weighted by Gasteiger charge is -2.30. The summed E-state index contributed by atoms with van der Waals surface area (Å²) in [4.78, 5) is 22.2. The lowest BCUT2D eigenvalue weighted by atomic mass is 10.1. The monoisotopic (exact) mass is 464 g/mol. The lowest BCUT2D eigenvalue weighted by Crippen LogP contribution is -2.30. The van der Waals surface area contributed by atoms with E-state index in [0.717, 1.165) is 67.0 Å². The van der Waals surface area contributed by atoms with Gasteiger partial charge in [0.15, 0.2) is 0 Å². The zero-order valence-electron chi connectivity index (χ0n) is 19.6. The van der Waals surface area contributed by atoms with Crippen LogP contribution in [0.25, 0.3) is 10.9 Å². The summed E-state index contributed by atoms with van der Waals surface area (Å²) in [6, 6.07) is 9.54. The number of hydrogen-bond donors (Lipinski definition) is 2. The first-order valence-corrected chi connectivity index (χ1v) is 12.1. The standard InChI is InChI=1S/C25H32N6O3/c1-34-13-12-31-16-18-14-22(23(15-21(18)28-31)29-9-3-2-4-10-29)27-25(33)20-6-5-7-24(26-20)30-11-8-19(32)17-30/h5-7,14-16,19,32H,2-4,8-13,17H2,1H3,(H,27,33). The number of aromatic nitrogens is 3. The fourth-order valence-corrected chi connectivity index (χ4v) is 4.77. The summed E-state index contributed by atoms with van der Waals surface area (Å²) in [6.45, 7) is 4.47. The molecule has 3 aromatic rings. The maximum atomic E-state index is 13.3. The smallest absolute Gasteiger partial charge is 0.274 e. The van der Waals surface area contributed by atoms with Crippen molar-refractivity contribution in [1.82, 2.24) is 14.8 Å². The van der Waals surface area contributed by atoms with Gasteiger partial charge in [-0.25, -0.2) is 4.98 Å². The van der Waals surface area contributed by atoms with Gasteiger partial charge in [0.05, 0.1) is 36.1 Å². The van der Waals surface area contributed by atoms with Crippen molar-refractivity contribution >= 4 is 34.0 Å². The quantitative estimate of drug-likeness (QED) is 0.555. The molecule has 34 heavy (non-hydrogen) atoms. The molecule has 1 aromatic carbocycles. The van der Waals surface area contributed by atoms with E-state index in [-0.39, 0.29) is 12.0 Å². The van der Waals surface area contributed by atoms with E-state index in [9.17, 15) is 9.90 Å². The van der Waals surface area contributed by atoms with Gasteiger partial charge in [0, 0.05) is 44.9 Å². The summed E-state index contributed by atoms with van der Waals surface area (Å²) in [5, 5.41) is 18.7. The molecule has 0 aliphatic carbocycles. The number of aliphatic hydroxyl groups excluding tert-OH is 1. The molecule has 1 amide bonds. The first kappa shape index (κ1) is 22.6. The summed E-state index contributed by atoms with van der Waals surface area (Å²) < 4.78 is 7.07. The molecule has 0 saturated carbocycles. The van der Waals surface area contributed by atoms with Crippen LogP contribution in [0.5, 0.6) is 0 Å². The number of nitrogens with zero attached hydrogens (tertiary/aromatic N) is 5. The van der Waals surface area contributed by atoms with Crippen molar-refractivity contribution < 1.29 is 14.6 Å². The number of carbonyl (C=O) groups is 1. The number of fused-ring (bicyclic) bond motifs is 1. The second-order valence-electron chi connectivity index (χ2n) is 9.08. The third kappa shape index (κ3) is 4.85. The Balaban J connectivity index is 1.43. The molecule has 0 spiro atoms. The summed E-state index contributed by atoms with van der Waals surface area (Å²) >= 11 is 0. The highest BCUT2D eigenvalue weighted by Gasteiger charge is 2.23. The number of methoxy groups -OCH3 is 1. The normalized spacial score (nSPS) is 18.6. The number of amides is 1. The van der Waals surface area contributed by atoms with E-state index in [2.05, 4.69) is 21.3 Å². The first-order chi connectivity index (χ1) is 16.6. The average Bonchev–Trinajstić information content (AvgIpc) is 3.48. The minimum atomic E-state index is -0.345. The Hall–Kier alpha value is -3.17. The molecule has 9 nitrogen and oxygen atoms in total. The Morgan fingerprint density at radius 3 is 2.79 bits per heavy atom. The molecule has 2 aromatic heterocycles. The Morgan fingerprint density at radius 1 is 1.18 bits per heavy atom. The van der Waals surface area contributed by atoms with Gasteiger partial charge in [-0.1, -0.05) is 6.07 Å². The number of rotatable bonds is 7. The van der Waals surface area contributed by atoms with Gasteiger partial charge in [0.1, 0.15) is 11.5 Å². The maximum Gasteiger partial charge on any atom is 0.274 e. The third-order valence-corrected chi connectivity index (χ3v) is 6.59. The molecule has 180 valence electrons. The summed E-state index contributed by atoms with van der Waals surface area (Å²) in [5.41, 5.74) is 3.03. The molecule has 1 atom stereocenters. The highest BCUT2D eigenvalue weighted by molar-refractivity contribution is 6.06. The number of pyridine rings is 1. The van der Waals surface area contributed by atoms with E-state index in [0.29, 0.717) is 25.4 Å². The molecule has 0 radical (unpaired) electrons. The number of anilines is 3. The summed E-state index contributed by atoms with van der Waals surface area (Å²) in [6.07, 6.45) is 5.87. The number of ether oxygens (including phenoxy) is 1. The number of benzene rings is 1. The van der Waals surface area contributed by atoms with E-state index in [1.54, 1.807) is 13.2 Å². The predicted octanol–water partition coefficient (Wildman–Crippen LogP) is 2.89. The zero-order valence-corrected chi connectivity index (χ0v) is 19.6. The minimum Gasteiger partial charge on any atom is -0.391 e. The topological polar surface area (TPSA) is 95.8 Å². The molecule has 2 aliphatic heterocycles. The first-order valence-electron chi connectivity index (χ1n) is 12.1. The molecule has 5 rings (SSSR count). The van der Waals surface area contributed by atoms with Gasteiger partial charge in [-0.3, -0.25) is 9.48 Å². The van der Waals surface area contributed by atoms with Gasteiger partial charge in [-0.2, -0.15) is 5.10 Å². The second-order valence-corrected chi connectivity index (χ2v) is 9.08. The van der Waals surface area contributed by atoms with Gasteiger partial charge < -0.3 is 25.0 Å². The van der Waals surface area contributed by atoms with Gasteiger partial charge in [0.25, 0.3) is 5.91 Å². The number of aliphatic hydroxyl groups is 1. The van der Waals surface area contributed by atoms with Gasteiger partial charge in [-0.15, -0.1) is 0 Å². The van der Waals surface area contributed by atoms with Crippen molar-refractivity contribution in [1.29, 1.82) is 0 Å². The highest BCUT2D eigenvalue weighted by Crippen LogP contribution is 2.33. The van der Waals surface area contributed by atoms with Crippen molar-refractivity contribution in [2.45, 2.75) is 38.3 Å². The third-order valence-electron chi connectivity index (χ3n) is 6.59. The molecule has 2 fully saturated rings. The van der Waals surface area contributed by atoms with Crippen LogP contribution in [-0.2, 0) is 11.3 Å². The summed E-state index contributed by atoms with van der Waals surface area (Å²) in [7, 11) is 1.68. The van der Waals surface area contributed by atoms with Crippen molar-refractivity contribution in [3.8, 4) is 0 Å². The molecule has 2 saturated heterocycles. The molecule has 2 N–H and O–H groups in total. The molecular formula is C25H32N6O3. The molecule has 0 bridgehead atoms. The predicted molar refractivity (Wildman–Crippen MR) is 133 cm³/mol. The summed E-state index contributed by atoms with van der Waals surface area (Å²) in [5.74, 6) is 0.473. The maximum absolute atomic E-state index is 13.3. The van der Waals surface area contributed by atoms with E-state index < -0.39 is 0 Å². The minimum absolute atomic E-state index is 0.244. The number of β-amino-alcohol motifs (C(OH)–C–C–N with tert-alkyl or cyclic N) is 1. The van der Waals surface area contributed by atoms with Crippen molar-refractivity contribution in [3.63, 3.8) is 0 Å². The van der Waals surface area contributed by atoms with Crippen LogP contribution in [0.4, 0.5) is 17.2 Å². The Bertz CT molecular complexity index is 1160. The molecule has 1 unspecified atom stereocenters. The molecule has 9 heteroatoms. The number of piperidine rings is 1. The van der Waals surface area contributed by atoms with Crippen LogP contribution in [-0.4, -0.2) is 71.8 Å². The van der Waals surface area contributed by atoms with Crippen LogP contribution in [0.3, 0.4) is 0 Å². The van der Waals surface area contributed by atoms with Gasteiger partial charge in [-0.05, 0) is 49.9 Å². The van der Waals surface area contributed by atoms with Crippen LogP contribution in [0.15, 0.2) is 36.5 Å². The number of hydrogen-bond acceptors (Lipinski definition) is 7. The van der Waals surface area contributed by atoms with Crippen LogP contribution in [0, 0.1) is 0 Å². The fourth-order valence-electron chi connectivity index (χ4n) is 4.77. The van der Waals surface area contributed by atoms with Gasteiger partial charge in [0.2, 0.25) is 0 Å². The Morgan fingerprint density at radius 2 is 2.03 bits per heavy atom. The van der Waals surface area contributed by atoms with E-state index in [1.807, 2.05) is 34.0 Å². The van der Waals surface area contributed by atoms with Gasteiger partial charge >= 0.3 is 0 Å². The van der Waals surface area contributed by atoms with E-state index in [1.165, 1.54) is 6.42 Å². The molecular weight excluding hydrogens is 432 g/mol. The van der Waals surface area contributed by atoms with Crippen molar-refractivity contribution in [3.05, 3.63) is 42.2 Å². The van der Waals surface area contributed by atoms with Crippen LogP contribution < -0.4 is 15.1 Å². The van der Waals surface area contributed by atoms with E-state index >= 15 is 0 Å². The molecule has 4 heterocycles. The lowest BCUT2D eigenvalue weighted by molar-refractivity contribution is 0.102. The fraction of sp³-hybridized carbons (Fsp3) is 0.480. The number of nitrogens with one attached hydrogen (secondary N) is 1. The van der Waals surface area contributed by atoms with Crippen molar-refractivity contribution in [2.24, 2.45) is 0 Å². The van der Waals surface area contributed by atoms with Crippen LogP contribution in [0.1, 0.15) is 36.2 Å². The SMILES string of the molecule is COCCn1cc2cc(NC(=O)c3cccc(N4CCC(O)C4)n3)c(N3CCCCC3)cc2n1. The van der Waals surface area contributed by atoms with Crippen molar-refractivity contribution in [2.75, 3.05) is 55.0 Å². The average molecular weight is 465 g/mol. The Kier molecular flexibility index (Phi) is 6.64. The number of carbonyl (C=O) groups excluding carboxylic acids is 1. The largest absolute Gasteiger partial charge is 0.391 e. The Labute approximate surface area is 199 Å². The van der Waals surface area contributed by atoms with Crippen LogP contribution in [0.2, 0.25) is 0 Å². The second kappa shape index (κ2) is 9.99. The molecule has 2 aliphatic rings. The zero-order chi connectivity index (χ0) is 23.5. The van der Waals surface area contributed by atoms with Crippen LogP contribution >= 0.6 is 0 Å². The highest BCUT2D eigenvalue weighted by atomic mass is 16.5. The van der Waals surface area contributed by atoms with E-state index in [4.69, 9.17) is 9.84 Å².